The Bertz CT molecular complexity index is 1260. The first-order valence-corrected chi connectivity index (χ1v) is 9.90. The molecule has 1 aromatic carbocycles. The summed E-state index contributed by atoms with van der Waals surface area (Å²) in [5.74, 6) is 0.274. The summed E-state index contributed by atoms with van der Waals surface area (Å²) in [5, 5.41) is 6.66. The van der Waals surface area contributed by atoms with Crippen LogP contribution in [-0.2, 0) is 0 Å². The van der Waals surface area contributed by atoms with Gasteiger partial charge in [-0.2, -0.15) is 5.10 Å². The van der Waals surface area contributed by atoms with E-state index in [0.29, 0.717) is 28.4 Å². The number of nitrogens with one attached hydrogen (secondary N) is 2. The number of H-pyrrole nitrogens is 2. The van der Waals surface area contributed by atoms with Crippen LogP contribution in [-0.4, -0.2) is 40.6 Å². The van der Waals surface area contributed by atoms with Crippen molar-refractivity contribution >= 4 is 17.1 Å². The second-order valence-corrected chi connectivity index (χ2v) is 7.46. The number of primary amides is 1. The summed E-state index contributed by atoms with van der Waals surface area (Å²) < 4.78 is 1.66. The minimum Gasteiger partial charge on any atom is -0.364 e. The summed E-state index contributed by atoms with van der Waals surface area (Å²) in [6, 6.07) is 7.44. The number of hydrogen-bond donors (Lipinski definition) is 3. The molecule has 152 valence electrons. The van der Waals surface area contributed by atoms with Gasteiger partial charge in [0.2, 0.25) is 0 Å². The zero-order valence-electron chi connectivity index (χ0n) is 16.1. The minimum absolute atomic E-state index is 0.0148. The SMILES string of the molecule is NC(=O)c1nc(-c2ccc(-c3ncn[nH]3)cc2)nc2c1[nH]c(=O)n2C1CCCCC1. The molecule has 0 aliphatic heterocycles. The number of carbonyl (C=O) groups is 1. The molecule has 1 fully saturated rings. The number of rotatable bonds is 4. The van der Waals surface area contributed by atoms with Crippen molar-refractivity contribution in [3.8, 4) is 22.8 Å². The van der Waals surface area contributed by atoms with Gasteiger partial charge in [-0.3, -0.25) is 14.5 Å². The summed E-state index contributed by atoms with van der Waals surface area (Å²) in [6.45, 7) is 0. The molecule has 0 radical (unpaired) electrons. The average molecular weight is 404 g/mol. The Labute approximate surface area is 170 Å². The number of aromatic nitrogens is 7. The maximum absolute atomic E-state index is 12.7. The summed E-state index contributed by atoms with van der Waals surface area (Å²) in [7, 11) is 0. The average Bonchev–Trinajstić information content (AvgIpc) is 3.41. The van der Waals surface area contributed by atoms with E-state index in [1.165, 1.54) is 6.33 Å². The molecule has 30 heavy (non-hydrogen) atoms. The monoisotopic (exact) mass is 404 g/mol. The Morgan fingerprint density at radius 2 is 1.80 bits per heavy atom. The van der Waals surface area contributed by atoms with E-state index in [1.54, 1.807) is 4.57 Å². The first-order chi connectivity index (χ1) is 14.6. The Balaban J connectivity index is 1.65. The van der Waals surface area contributed by atoms with Crippen molar-refractivity contribution in [2.24, 2.45) is 5.73 Å². The summed E-state index contributed by atoms with van der Waals surface area (Å²) in [6.07, 6.45) is 6.54. The van der Waals surface area contributed by atoms with Crippen molar-refractivity contribution in [1.82, 2.24) is 34.7 Å². The number of nitrogens with two attached hydrogens (primary N) is 1. The molecule has 0 bridgehead atoms. The van der Waals surface area contributed by atoms with Gasteiger partial charge in [-0.15, -0.1) is 0 Å². The van der Waals surface area contributed by atoms with Gasteiger partial charge < -0.3 is 10.7 Å². The lowest BCUT2D eigenvalue weighted by molar-refractivity contribution is 0.0997. The second kappa shape index (κ2) is 7.21. The molecular weight excluding hydrogens is 384 g/mol. The van der Waals surface area contributed by atoms with Crippen molar-refractivity contribution in [1.29, 1.82) is 0 Å². The van der Waals surface area contributed by atoms with E-state index in [-0.39, 0.29) is 17.4 Å². The number of benzene rings is 1. The third kappa shape index (κ3) is 3.06. The first-order valence-electron chi connectivity index (χ1n) is 9.90. The van der Waals surface area contributed by atoms with E-state index in [9.17, 15) is 9.59 Å². The van der Waals surface area contributed by atoms with Gasteiger partial charge in [0.05, 0.1) is 0 Å². The summed E-state index contributed by atoms with van der Waals surface area (Å²) in [4.78, 5) is 40.7. The molecule has 0 unspecified atom stereocenters. The number of amides is 1. The minimum atomic E-state index is -0.709. The van der Waals surface area contributed by atoms with E-state index < -0.39 is 5.91 Å². The zero-order valence-corrected chi connectivity index (χ0v) is 16.1. The highest BCUT2D eigenvalue weighted by atomic mass is 16.2. The zero-order chi connectivity index (χ0) is 20.7. The first kappa shape index (κ1) is 18.2. The van der Waals surface area contributed by atoms with Crippen molar-refractivity contribution in [2.75, 3.05) is 0 Å². The lowest BCUT2D eigenvalue weighted by Gasteiger charge is -2.22. The molecule has 1 saturated carbocycles. The van der Waals surface area contributed by atoms with Gasteiger partial charge in [0.25, 0.3) is 5.91 Å². The molecule has 1 aliphatic carbocycles. The molecule has 0 saturated heterocycles. The largest absolute Gasteiger partial charge is 0.364 e. The van der Waals surface area contributed by atoms with E-state index >= 15 is 0 Å². The molecule has 0 atom stereocenters. The van der Waals surface area contributed by atoms with Crippen molar-refractivity contribution in [3.05, 3.63) is 46.8 Å². The van der Waals surface area contributed by atoms with Crippen LogP contribution in [0, 0.1) is 0 Å². The van der Waals surface area contributed by atoms with E-state index in [2.05, 4.69) is 30.1 Å². The fourth-order valence-electron chi connectivity index (χ4n) is 4.11. The van der Waals surface area contributed by atoms with E-state index in [1.807, 2.05) is 24.3 Å². The molecule has 4 N–H and O–H groups in total. The molecule has 1 aliphatic rings. The molecule has 10 nitrogen and oxygen atoms in total. The molecule has 10 heteroatoms. The van der Waals surface area contributed by atoms with Gasteiger partial charge in [-0.25, -0.2) is 19.7 Å². The lowest BCUT2D eigenvalue weighted by Crippen LogP contribution is -2.24. The predicted octanol–water partition coefficient (Wildman–Crippen LogP) is 2.18. The van der Waals surface area contributed by atoms with Crippen LogP contribution in [0.1, 0.15) is 48.6 Å². The maximum atomic E-state index is 12.7. The van der Waals surface area contributed by atoms with Crippen LogP contribution in [0.15, 0.2) is 35.4 Å². The van der Waals surface area contributed by atoms with Crippen LogP contribution >= 0.6 is 0 Å². The molecular formula is C20H20N8O2. The predicted molar refractivity (Wildman–Crippen MR) is 110 cm³/mol. The van der Waals surface area contributed by atoms with Gasteiger partial charge in [0.1, 0.15) is 11.8 Å². The van der Waals surface area contributed by atoms with E-state index in [0.717, 1.165) is 37.7 Å². The highest BCUT2D eigenvalue weighted by Crippen LogP contribution is 2.30. The highest BCUT2D eigenvalue weighted by molar-refractivity contribution is 6.01. The molecule has 3 aromatic heterocycles. The molecule has 5 rings (SSSR count). The second-order valence-electron chi connectivity index (χ2n) is 7.46. The number of fused-ring (bicyclic) bond motifs is 1. The van der Waals surface area contributed by atoms with Crippen LogP contribution < -0.4 is 11.4 Å². The Kier molecular flexibility index (Phi) is 4.38. The van der Waals surface area contributed by atoms with Crippen molar-refractivity contribution in [3.63, 3.8) is 0 Å². The van der Waals surface area contributed by atoms with Crippen molar-refractivity contribution in [2.45, 2.75) is 38.1 Å². The quantitative estimate of drug-likeness (QED) is 0.475. The Morgan fingerprint density at radius 3 is 2.47 bits per heavy atom. The number of hydrogen-bond acceptors (Lipinski definition) is 6. The van der Waals surface area contributed by atoms with Crippen molar-refractivity contribution < 1.29 is 4.79 Å². The van der Waals surface area contributed by atoms with Gasteiger partial charge in [-0.05, 0) is 12.8 Å². The Morgan fingerprint density at radius 1 is 1.07 bits per heavy atom. The van der Waals surface area contributed by atoms with Gasteiger partial charge in [0.15, 0.2) is 23.0 Å². The highest BCUT2D eigenvalue weighted by Gasteiger charge is 2.24. The standard InChI is InChI=1S/C20H20N8O2/c21-16(29)14-15-19(28(20(30)25-15)13-4-2-1-3-5-13)26-18(24-14)12-8-6-11(7-9-12)17-22-10-23-27-17/h6-10,13H,1-5H2,(H2,21,29)(H,25,30)(H,22,23,27). The normalized spacial score (nSPS) is 14.9. The van der Waals surface area contributed by atoms with Crippen LogP contribution in [0.25, 0.3) is 33.9 Å². The number of imidazole rings is 1. The van der Waals surface area contributed by atoms with Crippen LogP contribution in [0.2, 0.25) is 0 Å². The number of nitrogens with zero attached hydrogens (tertiary/aromatic N) is 5. The molecule has 4 aromatic rings. The van der Waals surface area contributed by atoms with Crippen LogP contribution in [0.5, 0.6) is 0 Å². The maximum Gasteiger partial charge on any atom is 0.327 e. The third-order valence-corrected chi connectivity index (χ3v) is 5.57. The van der Waals surface area contributed by atoms with Gasteiger partial charge in [-0.1, -0.05) is 43.5 Å². The molecule has 1 amide bonds. The topological polar surface area (TPSA) is 148 Å². The Hall–Kier alpha value is -3.82. The summed E-state index contributed by atoms with van der Waals surface area (Å²) >= 11 is 0. The number of carbonyl (C=O) groups excluding carboxylic acids is 1. The van der Waals surface area contributed by atoms with Gasteiger partial charge >= 0.3 is 5.69 Å². The third-order valence-electron chi connectivity index (χ3n) is 5.57. The molecule has 0 spiro atoms. The molecule has 3 heterocycles. The fourth-order valence-corrected chi connectivity index (χ4v) is 4.11. The van der Waals surface area contributed by atoms with Crippen LogP contribution in [0.3, 0.4) is 0 Å². The van der Waals surface area contributed by atoms with E-state index in [4.69, 9.17) is 5.73 Å². The number of aromatic amines is 2. The smallest absolute Gasteiger partial charge is 0.327 e. The van der Waals surface area contributed by atoms with Crippen LogP contribution in [0.4, 0.5) is 0 Å². The lowest BCUT2D eigenvalue weighted by atomic mass is 9.95. The summed E-state index contributed by atoms with van der Waals surface area (Å²) in [5.41, 5.74) is 7.57. The fraction of sp³-hybridized carbons (Fsp3) is 0.300. The van der Waals surface area contributed by atoms with Gasteiger partial charge in [0, 0.05) is 17.2 Å².